The number of alkyl halides is 3. The Balaban J connectivity index is 0.000000572. The fourth-order valence-electron chi connectivity index (χ4n) is 2.86. The van der Waals surface area contributed by atoms with Gasteiger partial charge in [-0.15, -0.1) is 0 Å². The number of aliphatic carboxylic acids is 1. The van der Waals surface area contributed by atoms with E-state index >= 15 is 0 Å². The first-order chi connectivity index (χ1) is 16.8. The summed E-state index contributed by atoms with van der Waals surface area (Å²) >= 11 is 0. The normalized spacial score (nSPS) is 10.9. The zero-order valence-electron chi connectivity index (χ0n) is 19.2. The number of anilines is 1. The molecule has 3 aromatic rings. The van der Waals surface area contributed by atoms with Crippen molar-refractivity contribution >= 4 is 11.8 Å². The number of halogens is 5. The molecule has 14 heteroatoms. The van der Waals surface area contributed by atoms with E-state index in [2.05, 4.69) is 15.2 Å². The summed E-state index contributed by atoms with van der Waals surface area (Å²) in [6.07, 6.45) is -5.30. The number of nitrogens with two attached hydrogens (primary N) is 1. The fraction of sp³-hybridized carbons (Fsp3) is 0.273. The van der Waals surface area contributed by atoms with Gasteiger partial charge in [-0.05, 0) is 23.3 Å². The third kappa shape index (κ3) is 7.73. The molecule has 0 bridgehead atoms. The number of aromatic nitrogens is 4. The van der Waals surface area contributed by atoms with Crippen LogP contribution in [0.4, 0.5) is 27.8 Å². The van der Waals surface area contributed by atoms with Crippen LogP contribution in [-0.2, 0) is 17.8 Å². The average Bonchev–Trinajstić information content (AvgIpc) is 3.16. The van der Waals surface area contributed by atoms with Gasteiger partial charge in [0.2, 0.25) is 0 Å². The second kappa shape index (κ2) is 12.1. The molecule has 194 valence electrons. The monoisotopic (exact) mass is 514 g/mol. The van der Waals surface area contributed by atoms with Crippen LogP contribution in [0.3, 0.4) is 0 Å². The number of nitrogens with zero attached hydrogens (tertiary/aromatic N) is 4. The van der Waals surface area contributed by atoms with E-state index < -0.39 is 23.9 Å². The minimum atomic E-state index is -5.08. The van der Waals surface area contributed by atoms with E-state index in [4.69, 9.17) is 15.6 Å². The molecule has 9 nitrogen and oxygen atoms in total. The molecule has 0 spiro atoms. The summed E-state index contributed by atoms with van der Waals surface area (Å²) in [5.41, 5.74) is 7.46. The molecule has 0 amide bonds. The zero-order valence-corrected chi connectivity index (χ0v) is 19.2. The molecule has 0 radical (unpaired) electrons. The lowest BCUT2D eigenvalue weighted by atomic mass is 10.1. The van der Waals surface area contributed by atoms with Crippen molar-refractivity contribution in [1.29, 1.82) is 0 Å². The number of hydrogen-bond donors (Lipinski definition) is 3. The SMILES string of the molecule is CN(C)c1ccc(-c2ccc(Cn3c(CC(CN)=C(F)F)n[nH]c3=O)cc2)cn1.O=C(O)C(F)(F)F. The van der Waals surface area contributed by atoms with Crippen molar-refractivity contribution < 1.29 is 31.9 Å². The number of rotatable bonds is 7. The molecule has 1 aromatic carbocycles. The first-order valence-electron chi connectivity index (χ1n) is 10.2. The molecule has 0 aliphatic carbocycles. The molecule has 3 rings (SSSR count). The maximum atomic E-state index is 12.9. The molecule has 36 heavy (non-hydrogen) atoms. The van der Waals surface area contributed by atoms with Crippen molar-refractivity contribution in [3.8, 4) is 11.1 Å². The Bertz CT molecular complexity index is 1240. The van der Waals surface area contributed by atoms with Crippen LogP contribution in [0.2, 0.25) is 0 Å². The summed E-state index contributed by atoms with van der Waals surface area (Å²) in [6, 6.07) is 11.6. The van der Waals surface area contributed by atoms with Crippen molar-refractivity contribution in [1.82, 2.24) is 19.7 Å². The fourth-order valence-corrected chi connectivity index (χ4v) is 2.86. The molecule has 0 fully saturated rings. The van der Waals surface area contributed by atoms with Crippen LogP contribution in [0.15, 0.2) is 59.0 Å². The van der Waals surface area contributed by atoms with Gasteiger partial charge in [0, 0.05) is 44.4 Å². The van der Waals surface area contributed by atoms with Crippen molar-refractivity contribution in [3.05, 3.63) is 76.1 Å². The van der Waals surface area contributed by atoms with Gasteiger partial charge in [-0.3, -0.25) is 4.57 Å². The lowest BCUT2D eigenvalue weighted by Crippen LogP contribution is -2.21. The predicted octanol–water partition coefficient (Wildman–Crippen LogP) is 3.03. The van der Waals surface area contributed by atoms with Gasteiger partial charge >= 0.3 is 17.8 Å². The molecule has 0 atom stereocenters. The van der Waals surface area contributed by atoms with Crippen LogP contribution in [0.5, 0.6) is 0 Å². The van der Waals surface area contributed by atoms with E-state index in [9.17, 15) is 26.7 Å². The highest BCUT2D eigenvalue weighted by Crippen LogP contribution is 2.21. The molecule has 0 saturated carbocycles. The molecule has 0 saturated heterocycles. The number of nitrogens with one attached hydrogen (secondary N) is 1. The summed E-state index contributed by atoms with van der Waals surface area (Å²) < 4.78 is 58.9. The first kappa shape index (κ1) is 28.2. The number of aromatic amines is 1. The lowest BCUT2D eigenvalue weighted by Gasteiger charge is -2.11. The van der Waals surface area contributed by atoms with Gasteiger partial charge < -0.3 is 15.7 Å². The van der Waals surface area contributed by atoms with Crippen molar-refractivity contribution in [2.24, 2.45) is 5.73 Å². The van der Waals surface area contributed by atoms with Gasteiger partial charge in [0.05, 0.1) is 6.54 Å². The van der Waals surface area contributed by atoms with Crippen molar-refractivity contribution in [2.75, 3.05) is 25.5 Å². The molecular weight excluding hydrogens is 491 g/mol. The molecule has 4 N–H and O–H groups in total. The maximum Gasteiger partial charge on any atom is 0.490 e. The summed E-state index contributed by atoms with van der Waals surface area (Å²) in [4.78, 5) is 27.3. The van der Waals surface area contributed by atoms with Gasteiger partial charge in [0.1, 0.15) is 11.6 Å². The Morgan fingerprint density at radius 2 is 1.69 bits per heavy atom. The summed E-state index contributed by atoms with van der Waals surface area (Å²) in [7, 11) is 3.86. The quantitative estimate of drug-likeness (QED) is 0.413. The van der Waals surface area contributed by atoms with Crippen molar-refractivity contribution in [3.63, 3.8) is 0 Å². The first-order valence-corrected chi connectivity index (χ1v) is 10.2. The Labute approximate surface area is 201 Å². The van der Waals surface area contributed by atoms with E-state index in [1.165, 1.54) is 4.57 Å². The largest absolute Gasteiger partial charge is 0.490 e. The Kier molecular flexibility index (Phi) is 9.44. The van der Waals surface area contributed by atoms with Gasteiger partial charge in [-0.25, -0.2) is 19.7 Å². The molecule has 0 unspecified atom stereocenters. The highest BCUT2D eigenvalue weighted by Gasteiger charge is 2.38. The molecule has 2 aromatic heterocycles. The highest BCUT2D eigenvalue weighted by molar-refractivity contribution is 5.73. The smallest absolute Gasteiger partial charge is 0.475 e. The van der Waals surface area contributed by atoms with Gasteiger partial charge in [-0.1, -0.05) is 24.3 Å². The number of H-pyrrole nitrogens is 1. The Morgan fingerprint density at radius 1 is 1.11 bits per heavy atom. The average molecular weight is 514 g/mol. The van der Waals surface area contributed by atoms with Gasteiger partial charge in [-0.2, -0.15) is 27.1 Å². The van der Waals surface area contributed by atoms with Gasteiger partial charge in [0.15, 0.2) is 0 Å². The summed E-state index contributed by atoms with van der Waals surface area (Å²) in [5.74, 6) is -1.67. The zero-order chi connectivity index (χ0) is 27.0. The maximum absolute atomic E-state index is 12.9. The van der Waals surface area contributed by atoms with E-state index in [1.807, 2.05) is 55.4 Å². The van der Waals surface area contributed by atoms with E-state index in [-0.39, 0.29) is 30.9 Å². The van der Waals surface area contributed by atoms with E-state index in [0.717, 1.165) is 22.5 Å². The third-order valence-corrected chi connectivity index (χ3v) is 4.80. The van der Waals surface area contributed by atoms with Crippen LogP contribution >= 0.6 is 0 Å². The molecule has 0 aliphatic rings. The number of carbonyl (C=O) groups is 1. The highest BCUT2D eigenvalue weighted by atomic mass is 19.4. The van der Waals surface area contributed by atoms with Crippen LogP contribution in [-0.4, -0.2) is 57.6 Å². The summed E-state index contributed by atoms with van der Waals surface area (Å²) in [5, 5.41) is 13.3. The number of carboxylic acid groups (broad SMARTS) is 1. The standard InChI is InChI=1S/C20H22F2N6O.C2HF3O2/c1-27(2)17-8-7-15(11-24-17)14-5-3-13(4-6-14)12-28-18(25-26-20(28)29)9-16(10-23)19(21)22;3-2(4,5)1(6)7/h3-8,11H,9-10,12,23H2,1-2H3,(H,26,29);(H,6,7). The Morgan fingerprint density at radius 3 is 2.14 bits per heavy atom. The predicted molar refractivity (Wildman–Crippen MR) is 122 cm³/mol. The van der Waals surface area contributed by atoms with Crippen LogP contribution in [0.1, 0.15) is 11.4 Å². The minimum absolute atomic E-state index is 0.181. The minimum Gasteiger partial charge on any atom is -0.475 e. The lowest BCUT2D eigenvalue weighted by molar-refractivity contribution is -0.192. The molecule has 2 heterocycles. The molecular formula is C22H23F5N6O3. The topological polar surface area (TPSA) is 130 Å². The second-order valence-electron chi connectivity index (χ2n) is 7.58. The Hall–Kier alpha value is -4.07. The number of pyridine rings is 1. The third-order valence-electron chi connectivity index (χ3n) is 4.80. The number of benzene rings is 1. The van der Waals surface area contributed by atoms with Crippen LogP contribution in [0, 0.1) is 0 Å². The second-order valence-corrected chi connectivity index (χ2v) is 7.58. The molecule has 0 aliphatic heterocycles. The summed E-state index contributed by atoms with van der Waals surface area (Å²) in [6.45, 7) is -0.0761. The van der Waals surface area contributed by atoms with Crippen molar-refractivity contribution in [2.45, 2.75) is 19.1 Å². The number of hydrogen-bond acceptors (Lipinski definition) is 6. The van der Waals surface area contributed by atoms with Crippen LogP contribution in [0.25, 0.3) is 11.1 Å². The van der Waals surface area contributed by atoms with E-state index in [1.54, 1.807) is 6.20 Å². The van der Waals surface area contributed by atoms with E-state index in [0.29, 0.717) is 0 Å². The number of carboxylic acids is 1. The van der Waals surface area contributed by atoms with Crippen LogP contribution < -0.4 is 16.3 Å². The van der Waals surface area contributed by atoms with Gasteiger partial charge in [0.25, 0.3) is 6.08 Å².